The van der Waals surface area contributed by atoms with E-state index in [1.54, 1.807) is 31.2 Å². The molecule has 2 atom stereocenters. The monoisotopic (exact) mass is 464 g/mol. The van der Waals surface area contributed by atoms with Crippen LogP contribution in [0.3, 0.4) is 0 Å². The Hall–Kier alpha value is -2.23. The first-order valence-corrected chi connectivity index (χ1v) is 13.1. The van der Waals surface area contributed by atoms with Crippen LogP contribution in [0.4, 0.5) is 0 Å². The fourth-order valence-electron chi connectivity index (χ4n) is 3.65. The van der Waals surface area contributed by atoms with E-state index in [4.69, 9.17) is 0 Å². The molecule has 0 bridgehead atoms. The third-order valence-electron chi connectivity index (χ3n) is 5.75. The lowest BCUT2D eigenvalue weighted by Crippen LogP contribution is -2.61. The highest BCUT2D eigenvalue weighted by Crippen LogP contribution is 2.30. The van der Waals surface area contributed by atoms with Crippen LogP contribution in [-0.2, 0) is 24.8 Å². The normalized spacial score (nSPS) is 19.4. The Morgan fingerprint density at radius 2 is 1.29 bits per heavy atom. The van der Waals surface area contributed by atoms with Crippen LogP contribution in [-0.4, -0.2) is 50.5 Å². The lowest BCUT2D eigenvalue weighted by atomic mass is 9.97. The Kier molecular flexibility index (Phi) is 6.59. The van der Waals surface area contributed by atoms with E-state index in [0.717, 1.165) is 19.7 Å². The number of aryl methyl sites for hydroxylation is 2. The van der Waals surface area contributed by atoms with E-state index >= 15 is 0 Å². The number of amides is 1. The molecule has 1 saturated heterocycles. The second-order valence-corrected chi connectivity index (χ2v) is 11.7. The van der Waals surface area contributed by atoms with E-state index in [-0.39, 0.29) is 28.8 Å². The van der Waals surface area contributed by atoms with E-state index in [0.29, 0.717) is 6.42 Å². The Morgan fingerprint density at radius 3 is 1.74 bits per heavy atom. The minimum absolute atomic E-state index is 0.0178. The van der Waals surface area contributed by atoms with Crippen LogP contribution in [0.15, 0.2) is 58.3 Å². The average Bonchev–Trinajstić information content (AvgIpc) is 2.73. The minimum Gasteiger partial charge on any atom is -0.272 e. The van der Waals surface area contributed by atoms with Gasteiger partial charge in [-0.2, -0.15) is 4.31 Å². The summed E-state index contributed by atoms with van der Waals surface area (Å²) >= 11 is 0. The zero-order valence-electron chi connectivity index (χ0n) is 18.1. The predicted octanol–water partition coefficient (Wildman–Crippen LogP) is 2.94. The molecule has 0 aliphatic carbocycles. The molecule has 1 aliphatic rings. The van der Waals surface area contributed by atoms with Gasteiger partial charge < -0.3 is 0 Å². The highest BCUT2D eigenvalue weighted by molar-refractivity contribution is 7.90. The molecule has 3 rings (SSSR count). The molecule has 0 N–H and O–H groups in total. The van der Waals surface area contributed by atoms with Crippen LogP contribution in [0.25, 0.3) is 0 Å². The number of hydrogen-bond acceptors (Lipinski definition) is 5. The van der Waals surface area contributed by atoms with Crippen LogP contribution in [0.2, 0.25) is 0 Å². The van der Waals surface area contributed by atoms with Crippen molar-refractivity contribution in [3.05, 3.63) is 59.7 Å². The SMILES string of the molecule is CC[C@H](C)[C@H]1C(=O)N(S(=O)(=O)c2ccc(C)cc2)CCN1S(=O)(=O)c1ccc(C)cc1. The van der Waals surface area contributed by atoms with Crippen molar-refractivity contribution in [2.75, 3.05) is 13.1 Å². The van der Waals surface area contributed by atoms with E-state index < -0.39 is 32.0 Å². The standard InChI is InChI=1S/C22H28N2O5S2/c1-5-18(4)21-22(25)24(31(28,29)20-12-8-17(3)9-13-20)15-14-23(21)30(26,27)19-10-6-16(2)7-11-19/h6-13,18,21H,5,14-15H2,1-4H3/t18-,21-/m0/s1. The summed E-state index contributed by atoms with van der Waals surface area (Å²) in [6, 6.07) is 11.6. The molecule has 1 heterocycles. The molecule has 0 radical (unpaired) electrons. The smallest absolute Gasteiger partial charge is 0.266 e. The number of sulfonamides is 2. The van der Waals surface area contributed by atoms with Gasteiger partial charge >= 0.3 is 0 Å². The lowest BCUT2D eigenvalue weighted by Gasteiger charge is -2.41. The molecule has 1 aliphatic heterocycles. The van der Waals surface area contributed by atoms with E-state index in [9.17, 15) is 21.6 Å². The van der Waals surface area contributed by atoms with Crippen molar-refractivity contribution < 1.29 is 21.6 Å². The summed E-state index contributed by atoms with van der Waals surface area (Å²) in [5.41, 5.74) is 1.82. The summed E-state index contributed by atoms with van der Waals surface area (Å²) in [6.45, 7) is 6.99. The van der Waals surface area contributed by atoms with Gasteiger partial charge in [-0.1, -0.05) is 55.7 Å². The minimum atomic E-state index is -4.08. The Labute approximate surface area is 184 Å². The zero-order chi connectivity index (χ0) is 23.0. The summed E-state index contributed by atoms with van der Waals surface area (Å²) in [5.74, 6) is -1.07. The van der Waals surface area contributed by atoms with Gasteiger partial charge in [-0.25, -0.2) is 21.1 Å². The van der Waals surface area contributed by atoms with Crippen molar-refractivity contribution in [3.63, 3.8) is 0 Å². The van der Waals surface area contributed by atoms with Crippen molar-refractivity contribution in [2.24, 2.45) is 5.92 Å². The van der Waals surface area contributed by atoms with E-state index in [1.165, 1.54) is 24.3 Å². The molecular weight excluding hydrogens is 436 g/mol. The van der Waals surface area contributed by atoms with Crippen LogP contribution in [0.1, 0.15) is 31.4 Å². The van der Waals surface area contributed by atoms with Gasteiger partial charge in [0.25, 0.3) is 15.9 Å². The first-order valence-electron chi connectivity index (χ1n) is 10.2. The van der Waals surface area contributed by atoms with Gasteiger partial charge in [0.05, 0.1) is 16.3 Å². The van der Waals surface area contributed by atoms with Gasteiger partial charge in [-0.15, -0.1) is 0 Å². The fraction of sp³-hybridized carbons (Fsp3) is 0.409. The summed E-state index contributed by atoms with van der Waals surface area (Å²) in [7, 11) is -8.04. The molecular formula is C22H28N2O5S2. The molecule has 9 heteroatoms. The zero-order valence-corrected chi connectivity index (χ0v) is 19.8. The average molecular weight is 465 g/mol. The quantitative estimate of drug-likeness (QED) is 0.655. The maximum atomic E-state index is 13.4. The highest BCUT2D eigenvalue weighted by Gasteiger charge is 2.47. The third kappa shape index (κ3) is 4.40. The molecule has 0 aromatic heterocycles. The van der Waals surface area contributed by atoms with Crippen LogP contribution < -0.4 is 0 Å². The van der Waals surface area contributed by atoms with Gasteiger partial charge in [0, 0.05) is 6.54 Å². The number of benzene rings is 2. The first-order chi connectivity index (χ1) is 14.5. The summed E-state index contributed by atoms with van der Waals surface area (Å²) in [5, 5.41) is 0. The predicted molar refractivity (Wildman–Crippen MR) is 118 cm³/mol. The number of carbonyl (C=O) groups is 1. The topological polar surface area (TPSA) is 91.8 Å². The van der Waals surface area contributed by atoms with Crippen LogP contribution in [0.5, 0.6) is 0 Å². The van der Waals surface area contributed by atoms with Gasteiger partial charge in [0.1, 0.15) is 6.04 Å². The van der Waals surface area contributed by atoms with E-state index in [1.807, 2.05) is 20.8 Å². The Bertz CT molecular complexity index is 1160. The largest absolute Gasteiger partial charge is 0.272 e. The number of rotatable bonds is 6. The molecule has 1 fully saturated rings. The van der Waals surface area contributed by atoms with Gasteiger partial charge in [0.15, 0.2) is 0 Å². The summed E-state index contributed by atoms with van der Waals surface area (Å²) in [4.78, 5) is 13.5. The van der Waals surface area contributed by atoms with Crippen molar-refractivity contribution >= 4 is 26.0 Å². The molecule has 31 heavy (non-hydrogen) atoms. The lowest BCUT2D eigenvalue weighted by molar-refractivity contribution is -0.135. The van der Waals surface area contributed by atoms with Crippen molar-refractivity contribution in [3.8, 4) is 0 Å². The molecule has 168 valence electrons. The first kappa shape index (κ1) is 23.4. The Balaban J connectivity index is 2.01. The molecule has 2 aromatic rings. The number of hydrogen-bond donors (Lipinski definition) is 0. The number of piperazine rings is 1. The van der Waals surface area contributed by atoms with Crippen molar-refractivity contribution in [1.29, 1.82) is 0 Å². The van der Waals surface area contributed by atoms with Gasteiger partial charge in [0.2, 0.25) is 10.0 Å². The molecule has 0 saturated carbocycles. The van der Waals surface area contributed by atoms with E-state index in [2.05, 4.69) is 0 Å². The molecule has 0 spiro atoms. The van der Waals surface area contributed by atoms with Crippen molar-refractivity contribution in [2.45, 2.75) is 49.9 Å². The number of nitrogens with zero attached hydrogens (tertiary/aromatic N) is 2. The fourth-order valence-corrected chi connectivity index (χ4v) is 6.72. The Morgan fingerprint density at radius 1 is 0.839 bits per heavy atom. The molecule has 0 unspecified atom stereocenters. The van der Waals surface area contributed by atoms with Gasteiger partial charge in [-0.3, -0.25) is 4.79 Å². The van der Waals surface area contributed by atoms with Gasteiger partial charge in [-0.05, 0) is 44.0 Å². The van der Waals surface area contributed by atoms with Crippen molar-refractivity contribution in [1.82, 2.24) is 8.61 Å². The molecule has 2 aromatic carbocycles. The summed E-state index contributed by atoms with van der Waals surface area (Å²) in [6.07, 6.45) is 0.523. The second-order valence-electron chi connectivity index (χ2n) is 7.99. The second kappa shape index (κ2) is 8.72. The number of carbonyl (C=O) groups excluding carboxylic acids is 1. The third-order valence-corrected chi connectivity index (χ3v) is 9.46. The summed E-state index contributed by atoms with van der Waals surface area (Å²) < 4.78 is 55.0. The molecule has 1 amide bonds. The molecule has 7 nitrogen and oxygen atoms in total. The maximum Gasteiger partial charge on any atom is 0.266 e. The van der Waals surface area contributed by atoms with Crippen LogP contribution in [0, 0.1) is 19.8 Å². The highest BCUT2D eigenvalue weighted by atomic mass is 32.2. The van der Waals surface area contributed by atoms with Crippen LogP contribution >= 0.6 is 0 Å². The maximum absolute atomic E-state index is 13.4.